The van der Waals surface area contributed by atoms with Crippen LogP contribution >= 0.6 is 11.8 Å². The Hall–Kier alpha value is -2.41. The summed E-state index contributed by atoms with van der Waals surface area (Å²) in [4.78, 5) is 12.3. The van der Waals surface area contributed by atoms with Crippen molar-refractivity contribution in [1.82, 2.24) is 5.32 Å². The predicted molar refractivity (Wildman–Crippen MR) is 101 cm³/mol. The molecule has 0 aromatic heterocycles. The molecule has 0 spiro atoms. The van der Waals surface area contributed by atoms with Crippen LogP contribution in [-0.2, 0) is 5.75 Å². The molecule has 1 N–H and O–H groups in total. The maximum atomic E-state index is 13.5. The Morgan fingerprint density at radius 2 is 1.73 bits per heavy atom. The van der Waals surface area contributed by atoms with Crippen molar-refractivity contribution in [3.05, 3.63) is 53.3 Å². The van der Waals surface area contributed by atoms with Gasteiger partial charge in [-0.15, -0.1) is 0 Å². The predicted octanol–water partition coefficient (Wildman–Crippen LogP) is 3.51. The van der Waals surface area contributed by atoms with E-state index in [-0.39, 0.29) is 11.7 Å². The lowest BCUT2D eigenvalue weighted by Gasteiger charge is -2.14. The van der Waals surface area contributed by atoms with Crippen molar-refractivity contribution in [1.29, 1.82) is 0 Å². The number of thioether (sulfide) groups is 1. The molecular weight excluding hydrogens is 357 g/mol. The molecule has 140 valence electrons. The van der Waals surface area contributed by atoms with Crippen LogP contribution < -0.4 is 19.5 Å². The molecule has 26 heavy (non-hydrogen) atoms. The highest BCUT2D eigenvalue weighted by molar-refractivity contribution is 7.98. The van der Waals surface area contributed by atoms with Crippen molar-refractivity contribution in [2.24, 2.45) is 0 Å². The normalized spacial score (nSPS) is 10.3. The number of benzene rings is 2. The van der Waals surface area contributed by atoms with Gasteiger partial charge in [0.05, 0.1) is 21.3 Å². The maximum absolute atomic E-state index is 13.5. The molecule has 0 radical (unpaired) electrons. The number of rotatable bonds is 9. The molecule has 0 atom stereocenters. The summed E-state index contributed by atoms with van der Waals surface area (Å²) in [6, 6.07) is 9.89. The fraction of sp³-hybridized carbons (Fsp3) is 0.316. The fourth-order valence-corrected chi connectivity index (χ4v) is 3.19. The largest absolute Gasteiger partial charge is 0.493 e. The highest BCUT2D eigenvalue weighted by Gasteiger charge is 2.16. The number of ether oxygens (including phenoxy) is 3. The van der Waals surface area contributed by atoms with E-state index in [0.717, 1.165) is 0 Å². The van der Waals surface area contributed by atoms with E-state index in [0.29, 0.717) is 46.4 Å². The van der Waals surface area contributed by atoms with Gasteiger partial charge in [-0.2, -0.15) is 11.8 Å². The third-order valence-corrected chi connectivity index (χ3v) is 4.68. The summed E-state index contributed by atoms with van der Waals surface area (Å²) in [5, 5.41) is 2.83. The average molecular weight is 379 g/mol. The third kappa shape index (κ3) is 5.05. The number of carbonyl (C=O) groups excluding carboxylic acids is 1. The fourth-order valence-electron chi connectivity index (χ4n) is 2.35. The molecule has 2 rings (SSSR count). The van der Waals surface area contributed by atoms with Crippen molar-refractivity contribution in [2.75, 3.05) is 33.6 Å². The van der Waals surface area contributed by atoms with Crippen LogP contribution in [0.3, 0.4) is 0 Å². The molecule has 0 saturated carbocycles. The first kappa shape index (κ1) is 19.9. The van der Waals surface area contributed by atoms with Gasteiger partial charge < -0.3 is 19.5 Å². The maximum Gasteiger partial charge on any atom is 0.251 e. The molecule has 2 aromatic carbocycles. The Bertz CT molecular complexity index is 729. The summed E-state index contributed by atoms with van der Waals surface area (Å²) < 4.78 is 29.3. The highest BCUT2D eigenvalue weighted by atomic mass is 32.2. The molecule has 0 aliphatic rings. The Kier molecular flexibility index (Phi) is 7.59. The summed E-state index contributed by atoms with van der Waals surface area (Å²) in [5.74, 6) is 2.07. The summed E-state index contributed by atoms with van der Waals surface area (Å²) in [6.07, 6.45) is 0. The van der Waals surface area contributed by atoms with Crippen molar-refractivity contribution in [2.45, 2.75) is 5.75 Å². The molecule has 0 bridgehead atoms. The Balaban J connectivity index is 1.89. The molecule has 7 heteroatoms. The number of hydrogen-bond donors (Lipinski definition) is 1. The van der Waals surface area contributed by atoms with E-state index < -0.39 is 0 Å². The SMILES string of the molecule is COc1cc(C(=O)NCCSCc2ccccc2F)cc(OC)c1OC. The molecule has 0 heterocycles. The van der Waals surface area contributed by atoms with Crippen LogP contribution in [0.15, 0.2) is 36.4 Å². The summed E-state index contributed by atoms with van der Waals surface area (Å²) >= 11 is 1.55. The minimum Gasteiger partial charge on any atom is -0.493 e. The lowest BCUT2D eigenvalue weighted by Crippen LogP contribution is -2.25. The number of nitrogens with one attached hydrogen (secondary N) is 1. The number of carbonyl (C=O) groups is 1. The monoisotopic (exact) mass is 379 g/mol. The van der Waals surface area contributed by atoms with Crippen molar-refractivity contribution >= 4 is 17.7 Å². The molecule has 0 saturated heterocycles. The zero-order chi connectivity index (χ0) is 18.9. The summed E-state index contributed by atoms with van der Waals surface area (Å²) in [7, 11) is 4.50. The second-order valence-corrected chi connectivity index (χ2v) is 6.42. The molecule has 2 aromatic rings. The Morgan fingerprint density at radius 3 is 2.31 bits per heavy atom. The van der Waals surface area contributed by atoms with Gasteiger partial charge in [0.25, 0.3) is 5.91 Å². The first-order valence-corrected chi connectivity index (χ1v) is 9.15. The van der Waals surface area contributed by atoms with Gasteiger partial charge in [0.15, 0.2) is 11.5 Å². The van der Waals surface area contributed by atoms with E-state index >= 15 is 0 Å². The van der Waals surface area contributed by atoms with E-state index in [1.807, 2.05) is 6.07 Å². The summed E-state index contributed by atoms with van der Waals surface area (Å²) in [6.45, 7) is 0.467. The first-order chi connectivity index (χ1) is 12.6. The second-order valence-electron chi connectivity index (χ2n) is 5.31. The average Bonchev–Trinajstić information content (AvgIpc) is 2.67. The van der Waals surface area contributed by atoms with Crippen molar-refractivity contribution in [3.63, 3.8) is 0 Å². The summed E-state index contributed by atoms with van der Waals surface area (Å²) in [5.41, 5.74) is 1.08. The van der Waals surface area contributed by atoms with Crippen molar-refractivity contribution in [3.8, 4) is 17.2 Å². The topological polar surface area (TPSA) is 56.8 Å². The molecular formula is C19H22FNO4S. The van der Waals surface area contributed by atoms with Crippen molar-refractivity contribution < 1.29 is 23.4 Å². The van der Waals surface area contributed by atoms with E-state index in [4.69, 9.17) is 14.2 Å². The molecule has 0 fully saturated rings. The lowest BCUT2D eigenvalue weighted by molar-refractivity contribution is 0.0955. The third-order valence-electron chi connectivity index (χ3n) is 3.67. The molecule has 0 aliphatic carbocycles. The van der Waals surface area contributed by atoms with E-state index in [1.165, 1.54) is 27.4 Å². The van der Waals surface area contributed by atoms with Gasteiger partial charge in [0.1, 0.15) is 5.82 Å². The second kappa shape index (κ2) is 9.91. The smallest absolute Gasteiger partial charge is 0.251 e. The van der Waals surface area contributed by atoms with Gasteiger partial charge in [-0.25, -0.2) is 4.39 Å². The van der Waals surface area contributed by atoms with Crippen LogP contribution in [0.25, 0.3) is 0 Å². The number of methoxy groups -OCH3 is 3. The quantitative estimate of drug-likeness (QED) is 0.676. The zero-order valence-electron chi connectivity index (χ0n) is 15.0. The standard InChI is InChI=1S/C19H22FNO4S/c1-23-16-10-14(11-17(24-2)18(16)25-3)19(22)21-8-9-26-12-13-6-4-5-7-15(13)20/h4-7,10-11H,8-9,12H2,1-3H3,(H,21,22). The molecule has 0 unspecified atom stereocenters. The minimum absolute atomic E-state index is 0.207. The van der Waals surface area contributed by atoms with Gasteiger partial charge in [0, 0.05) is 23.6 Å². The van der Waals surface area contributed by atoms with Gasteiger partial charge in [-0.05, 0) is 23.8 Å². The van der Waals surface area contributed by atoms with Gasteiger partial charge in [0.2, 0.25) is 5.75 Å². The highest BCUT2D eigenvalue weighted by Crippen LogP contribution is 2.38. The van der Waals surface area contributed by atoms with Gasteiger partial charge in [-0.3, -0.25) is 4.79 Å². The van der Waals surface area contributed by atoms with Gasteiger partial charge >= 0.3 is 0 Å². The minimum atomic E-state index is -0.240. The van der Waals surface area contributed by atoms with Gasteiger partial charge in [-0.1, -0.05) is 18.2 Å². The molecule has 0 aliphatic heterocycles. The van der Waals surface area contributed by atoms with Crippen LogP contribution in [-0.4, -0.2) is 39.5 Å². The lowest BCUT2D eigenvalue weighted by atomic mass is 10.1. The van der Waals surface area contributed by atoms with Crippen LogP contribution in [0.4, 0.5) is 4.39 Å². The molecule has 5 nitrogen and oxygen atoms in total. The van der Waals surface area contributed by atoms with E-state index in [1.54, 1.807) is 36.0 Å². The van der Waals surface area contributed by atoms with Crippen LogP contribution in [0.5, 0.6) is 17.2 Å². The number of halogens is 1. The van der Waals surface area contributed by atoms with Crippen LogP contribution in [0.2, 0.25) is 0 Å². The number of amides is 1. The first-order valence-electron chi connectivity index (χ1n) is 8.00. The van der Waals surface area contributed by atoms with E-state index in [2.05, 4.69) is 5.32 Å². The Labute approximate surface area is 156 Å². The zero-order valence-corrected chi connectivity index (χ0v) is 15.8. The molecule has 1 amide bonds. The number of hydrogen-bond acceptors (Lipinski definition) is 5. The Morgan fingerprint density at radius 1 is 1.08 bits per heavy atom. The van der Waals surface area contributed by atoms with Crippen LogP contribution in [0.1, 0.15) is 15.9 Å². The van der Waals surface area contributed by atoms with Crippen LogP contribution in [0, 0.1) is 5.82 Å². The van der Waals surface area contributed by atoms with E-state index in [9.17, 15) is 9.18 Å².